The van der Waals surface area contributed by atoms with Gasteiger partial charge in [-0.3, -0.25) is 14.5 Å². The van der Waals surface area contributed by atoms with Crippen LogP contribution in [0.4, 0.5) is 4.79 Å². The van der Waals surface area contributed by atoms with E-state index in [9.17, 15) is 14.4 Å². The normalized spacial score (nSPS) is 23.5. The molecule has 29 heavy (non-hydrogen) atoms. The third-order valence-electron chi connectivity index (χ3n) is 5.70. The quantitative estimate of drug-likeness (QED) is 0.757. The fraction of sp³-hybridized carbons (Fsp3) is 0.318. The van der Waals surface area contributed by atoms with Crippen molar-refractivity contribution < 1.29 is 14.4 Å². The van der Waals surface area contributed by atoms with Crippen molar-refractivity contribution in [2.75, 3.05) is 6.54 Å². The van der Waals surface area contributed by atoms with E-state index < -0.39 is 17.5 Å². The summed E-state index contributed by atoms with van der Waals surface area (Å²) in [5, 5.41) is 6.23. The van der Waals surface area contributed by atoms with E-state index in [2.05, 4.69) is 16.7 Å². The van der Waals surface area contributed by atoms with E-state index in [1.807, 2.05) is 18.2 Å². The summed E-state index contributed by atoms with van der Waals surface area (Å²) in [7, 11) is 0. The van der Waals surface area contributed by atoms with Gasteiger partial charge in [-0.2, -0.15) is 0 Å². The van der Waals surface area contributed by atoms with Crippen molar-refractivity contribution >= 4 is 29.4 Å². The topological polar surface area (TPSA) is 78.5 Å². The lowest BCUT2D eigenvalue weighted by Gasteiger charge is -2.27. The van der Waals surface area contributed by atoms with Crippen LogP contribution in [0.1, 0.15) is 42.5 Å². The van der Waals surface area contributed by atoms with E-state index in [1.54, 1.807) is 31.2 Å². The number of nitrogens with one attached hydrogen (secondary N) is 2. The minimum Gasteiger partial charge on any atom is -0.348 e. The monoisotopic (exact) mass is 411 g/mol. The van der Waals surface area contributed by atoms with Gasteiger partial charge in [0.05, 0.1) is 6.04 Å². The first-order valence-corrected chi connectivity index (χ1v) is 10.0. The number of hydrogen-bond acceptors (Lipinski definition) is 3. The molecular weight excluding hydrogens is 390 g/mol. The van der Waals surface area contributed by atoms with Crippen LogP contribution in [0.25, 0.3) is 0 Å². The molecule has 2 aromatic rings. The van der Waals surface area contributed by atoms with Crippen molar-refractivity contribution in [3.63, 3.8) is 0 Å². The van der Waals surface area contributed by atoms with Gasteiger partial charge in [0.25, 0.3) is 5.91 Å². The lowest BCUT2D eigenvalue weighted by molar-refractivity contribution is -0.135. The third kappa shape index (κ3) is 3.60. The number of fused-ring (bicyclic) bond motifs is 1. The van der Waals surface area contributed by atoms with Crippen LogP contribution in [0, 0.1) is 0 Å². The lowest BCUT2D eigenvalue weighted by atomic mass is 9.88. The van der Waals surface area contributed by atoms with Gasteiger partial charge in [-0.05, 0) is 55.0 Å². The molecule has 1 fully saturated rings. The molecule has 1 aliphatic carbocycles. The molecular formula is C22H22ClN3O3. The number of carbonyl (C=O) groups is 3. The highest BCUT2D eigenvalue weighted by molar-refractivity contribution is 6.30. The first-order valence-electron chi connectivity index (χ1n) is 9.66. The van der Waals surface area contributed by atoms with E-state index in [0.29, 0.717) is 10.6 Å². The van der Waals surface area contributed by atoms with Crippen molar-refractivity contribution in [1.82, 2.24) is 15.5 Å². The predicted molar refractivity (Wildman–Crippen MR) is 109 cm³/mol. The summed E-state index contributed by atoms with van der Waals surface area (Å²) >= 11 is 5.92. The van der Waals surface area contributed by atoms with E-state index in [0.717, 1.165) is 29.7 Å². The van der Waals surface area contributed by atoms with Gasteiger partial charge in [0.2, 0.25) is 5.91 Å². The van der Waals surface area contributed by atoms with Crippen LogP contribution in [0.2, 0.25) is 5.02 Å². The average molecular weight is 412 g/mol. The fourth-order valence-corrected chi connectivity index (χ4v) is 4.23. The number of imide groups is 1. The Labute approximate surface area is 174 Å². The molecule has 0 bridgehead atoms. The molecule has 6 nitrogen and oxygen atoms in total. The molecule has 4 amide bonds. The number of rotatable bonds is 4. The van der Waals surface area contributed by atoms with Crippen LogP contribution in [0.15, 0.2) is 48.5 Å². The second-order valence-corrected chi connectivity index (χ2v) is 8.10. The largest absolute Gasteiger partial charge is 0.348 e. The molecule has 2 N–H and O–H groups in total. The third-order valence-corrected chi connectivity index (χ3v) is 5.95. The Bertz CT molecular complexity index is 976. The molecule has 1 saturated heterocycles. The van der Waals surface area contributed by atoms with Crippen molar-refractivity contribution in [1.29, 1.82) is 0 Å². The van der Waals surface area contributed by atoms with E-state index in [1.165, 1.54) is 5.56 Å². The first-order chi connectivity index (χ1) is 13.9. The number of amides is 4. The summed E-state index contributed by atoms with van der Waals surface area (Å²) < 4.78 is 0. The lowest BCUT2D eigenvalue weighted by Crippen LogP contribution is -2.44. The van der Waals surface area contributed by atoms with E-state index >= 15 is 0 Å². The van der Waals surface area contributed by atoms with Crippen LogP contribution in [0.5, 0.6) is 0 Å². The van der Waals surface area contributed by atoms with Crippen LogP contribution in [0.3, 0.4) is 0 Å². The van der Waals surface area contributed by atoms with Crippen LogP contribution in [-0.4, -0.2) is 29.3 Å². The van der Waals surface area contributed by atoms with Gasteiger partial charge in [-0.25, -0.2) is 4.79 Å². The minimum absolute atomic E-state index is 0.101. The van der Waals surface area contributed by atoms with Crippen LogP contribution < -0.4 is 10.6 Å². The fourth-order valence-electron chi connectivity index (χ4n) is 4.11. The number of aryl methyl sites for hydroxylation is 1. The van der Waals surface area contributed by atoms with E-state index in [4.69, 9.17) is 11.6 Å². The molecule has 7 heteroatoms. The molecule has 2 aromatic carbocycles. The minimum atomic E-state index is -1.22. The molecule has 1 aliphatic heterocycles. The number of benzene rings is 2. The molecule has 0 radical (unpaired) electrons. The van der Waals surface area contributed by atoms with Crippen molar-refractivity contribution in [3.05, 3.63) is 70.2 Å². The van der Waals surface area contributed by atoms with Gasteiger partial charge >= 0.3 is 6.03 Å². The average Bonchev–Trinajstić information content (AvgIpc) is 2.92. The maximum Gasteiger partial charge on any atom is 0.325 e. The smallest absolute Gasteiger partial charge is 0.325 e. The highest BCUT2D eigenvalue weighted by atomic mass is 35.5. The Balaban J connectivity index is 1.47. The molecule has 2 aliphatic rings. The zero-order valence-electron chi connectivity index (χ0n) is 16.1. The Morgan fingerprint density at radius 2 is 1.93 bits per heavy atom. The summed E-state index contributed by atoms with van der Waals surface area (Å²) in [4.78, 5) is 39.1. The predicted octanol–water partition coefficient (Wildman–Crippen LogP) is 3.30. The zero-order chi connectivity index (χ0) is 20.6. The summed E-state index contributed by atoms with van der Waals surface area (Å²) in [5.41, 5.74) is 1.73. The molecule has 4 rings (SSSR count). The number of carbonyl (C=O) groups excluding carboxylic acids is 3. The van der Waals surface area contributed by atoms with Crippen LogP contribution in [-0.2, 0) is 21.5 Å². The summed E-state index contributed by atoms with van der Waals surface area (Å²) in [5.74, 6) is -0.806. The van der Waals surface area contributed by atoms with Crippen molar-refractivity contribution in [3.8, 4) is 0 Å². The zero-order valence-corrected chi connectivity index (χ0v) is 16.8. The number of nitrogens with zero attached hydrogens (tertiary/aromatic N) is 1. The molecule has 0 saturated carbocycles. The number of hydrogen-bond donors (Lipinski definition) is 2. The van der Waals surface area contributed by atoms with Gasteiger partial charge in [-0.1, -0.05) is 48.0 Å². The van der Waals surface area contributed by atoms with Gasteiger partial charge in [0.15, 0.2) is 0 Å². The van der Waals surface area contributed by atoms with Crippen molar-refractivity contribution in [2.45, 2.75) is 37.8 Å². The van der Waals surface area contributed by atoms with Gasteiger partial charge in [0, 0.05) is 5.02 Å². The highest BCUT2D eigenvalue weighted by Gasteiger charge is 2.49. The summed E-state index contributed by atoms with van der Waals surface area (Å²) in [6.07, 6.45) is 2.82. The van der Waals surface area contributed by atoms with Gasteiger partial charge in [0.1, 0.15) is 12.1 Å². The SMILES string of the molecule is CC1(c2ccc(Cl)cc2)NC(=O)N(CC(=O)NC2CCCc3ccccc32)C1=O. The Kier molecular flexibility index (Phi) is 5.04. The first kappa shape index (κ1) is 19.5. The maximum absolute atomic E-state index is 13.0. The van der Waals surface area contributed by atoms with Gasteiger partial charge in [-0.15, -0.1) is 0 Å². The van der Waals surface area contributed by atoms with Crippen molar-refractivity contribution in [2.24, 2.45) is 0 Å². The summed E-state index contributed by atoms with van der Waals surface area (Å²) in [6, 6.07) is 14.1. The molecule has 0 aromatic heterocycles. The van der Waals surface area contributed by atoms with Crippen LogP contribution >= 0.6 is 11.6 Å². The number of urea groups is 1. The molecule has 1 heterocycles. The Morgan fingerprint density at radius 1 is 1.21 bits per heavy atom. The Hall–Kier alpha value is -2.86. The standard InChI is InChI=1S/C22H22ClN3O3/c1-22(15-9-11-16(23)12-10-15)20(28)26(21(29)25-22)13-19(27)24-18-8-4-6-14-5-2-3-7-17(14)18/h2-3,5,7,9-12,18H,4,6,8,13H2,1H3,(H,24,27)(H,25,29). The molecule has 150 valence electrons. The Morgan fingerprint density at radius 3 is 2.69 bits per heavy atom. The maximum atomic E-state index is 13.0. The molecule has 2 unspecified atom stereocenters. The van der Waals surface area contributed by atoms with Gasteiger partial charge < -0.3 is 10.6 Å². The molecule has 2 atom stereocenters. The van der Waals surface area contributed by atoms with E-state index in [-0.39, 0.29) is 18.5 Å². The number of halogens is 1. The second-order valence-electron chi connectivity index (χ2n) is 7.66. The molecule has 0 spiro atoms. The summed E-state index contributed by atoms with van der Waals surface area (Å²) in [6.45, 7) is 1.32. The highest BCUT2D eigenvalue weighted by Crippen LogP contribution is 2.31. The second kappa shape index (κ2) is 7.52.